The molecule has 1 aliphatic carbocycles. The molecule has 0 heterocycles. The van der Waals surface area contributed by atoms with E-state index < -0.39 is 0 Å². The number of hydrogen-bond acceptors (Lipinski definition) is 2. The van der Waals surface area contributed by atoms with Gasteiger partial charge in [0, 0.05) is 12.5 Å². The molecule has 1 aliphatic rings. The predicted octanol–water partition coefficient (Wildman–Crippen LogP) is 3.12. The second-order valence-corrected chi connectivity index (χ2v) is 6.11. The minimum atomic E-state index is -0.234. The molecule has 1 saturated carbocycles. The monoisotopic (exact) mass is 292 g/mol. The smallest absolute Gasteiger partial charge is 0.223 e. The number of hydrogen-bond donors (Lipinski definition) is 1. The molecule has 1 aromatic rings. The molecule has 0 radical (unpaired) electrons. The van der Waals surface area contributed by atoms with Gasteiger partial charge in [-0.25, -0.2) is 4.39 Å². The number of halogens is 1. The number of carbonyl (C=O) groups is 1. The number of carbonyl (C=O) groups excluding carboxylic acids is 1. The third-order valence-electron chi connectivity index (χ3n) is 4.32. The second-order valence-electron chi connectivity index (χ2n) is 6.11. The van der Waals surface area contributed by atoms with Gasteiger partial charge in [0.25, 0.3) is 0 Å². The molecule has 1 unspecified atom stereocenters. The van der Waals surface area contributed by atoms with Crippen molar-refractivity contribution >= 4 is 5.91 Å². The molecule has 0 aromatic heterocycles. The fraction of sp³-hybridized carbons (Fsp3) is 0.588. The molecule has 0 bridgehead atoms. The van der Waals surface area contributed by atoms with E-state index in [2.05, 4.69) is 5.32 Å². The first-order valence-electron chi connectivity index (χ1n) is 7.77. The van der Waals surface area contributed by atoms with E-state index >= 15 is 0 Å². The van der Waals surface area contributed by atoms with Crippen LogP contribution in [0.4, 0.5) is 4.39 Å². The highest BCUT2D eigenvalue weighted by molar-refractivity contribution is 5.78. The maximum atomic E-state index is 13.0. The van der Waals surface area contributed by atoms with Gasteiger partial charge in [0.15, 0.2) is 0 Å². The molecule has 4 heteroatoms. The molecule has 3 nitrogen and oxygen atoms in total. The largest absolute Gasteiger partial charge is 0.354 e. The van der Waals surface area contributed by atoms with Crippen LogP contribution in [-0.2, 0) is 4.79 Å². The molecule has 1 fully saturated rings. The summed E-state index contributed by atoms with van der Waals surface area (Å²) in [5.74, 6) is 0.112. The van der Waals surface area contributed by atoms with E-state index in [1.807, 2.05) is 19.0 Å². The summed E-state index contributed by atoms with van der Waals surface area (Å²) in [7, 11) is 3.95. The Hall–Kier alpha value is -1.42. The van der Waals surface area contributed by atoms with Gasteiger partial charge in [-0.2, -0.15) is 0 Å². The average molecular weight is 292 g/mol. The van der Waals surface area contributed by atoms with Gasteiger partial charge >= 0.3 is 0 Å². The van der Waals surface area contributed by atoms with Crippen LogP contribution >= 0.6 is 0 Å². The van der Waals surface area contributed by atoms with E-state index in [0.29, 0.717) is 6.54 Å². The lowest BCUT2D eigenvalue weighted by atomic mass is 9.88. The van der Waals surface area contributed by atoms with Gasteiger partial charge in [-0.1, -0.05) is 31.4 Å². The highest BCUT2D eigenvalue weighted by atomic mass is 19.1. The lowest BCUT2D eigenvalue weighted by Crippen LogP contribution is -2.38. The Kier molecular flexibility index (Phi) is 5.74. The van der Waals surface area contributed by atoms with Crippen LogP contribution in [0.3, 0.4) is 0 Å². The van der Waals surface area contributed by atoms with Gasteiger partial charge < -0.3 is 10.2 Å². The first kappa shape index (κ1) is 16.0. The summed E-state index contributed by atoms with van der Waals surface area (Å²) in [6, 6.07) is 6.57. The Morgan fingerprint density at radius 3 is 2.43 bits per heavy atom. The van der Waals surface area contributed by atoms with E-state index in [1.165, 1.54) is 18.6 Å². The Morgan fingerprint density at radius 2 is 1.86 bits per heavy atom. The molecule has 1 amide bonds. The number of nitrogens with one attached hydrogen (secondary N) is 1. The number of nitrogens with zero attached hydrogens (tertiary/aromatic N) is 1. The minimum Gasteiger partial charge on any atom is -0.354 e. The lowest BCUT2D eigenvalue weighted by Gasteiger charge is -2.27. The van der Waals surface area contributed by atoms with E-state index in [4.69, 9.17) is 0 Å². The Balaban J connectivity index is 1.93. The molecule has 1 aromatic carbocycles. The number of rotatable bonds is 5. The van der Waals surface area contributed by atoms with Crippen LogP contribution in [-0.4, -0.2) is 31.4 Å². The topological polar surface area (TPSA) is 32.3 Å². The fourth-order valence-corrected chi connectivity index (χ4v) is 2.99. The average Bonchev–Trinajstić information content (AvgIpc) is 2.49. The normalized spacial score (nSPS) is 17.7. The summed E-state index contributed by atoms with van der Waals surface area (Å²) in [4.78, 5) is 14.3. The summed E-state index contributed by atoms with van der Waals surface area (Å²) < 4.78 is 13.0. The van der Waals surface area contributed by atoms with Gasteiger partial charge in [0.05, 0.1) is 6.04 Å². The van der Waals surface area contributed by atoms with Crippen molar-refractivity contribution in [2.75, 3.05) is 20.6 Å². The van der Waals surface area contributed by atoms with E-state index in [9.17, 15) is 9.18 Å². The van der Waals surface area contributed by atoms with Gasteiger partial charge in [0.2, 0.25) is 5.91 Å². The maximum absolute atomic E-state index is 13.0. The number of amides is 1. The number of likely N-dealkylation sites (N-methyl/N-ethyl adjacent to an activating group) is 1. The quantitative estimate of drug-likeness (QED) is 0.904. The third kappa shape index (κ3) is 4.53. The standard InChI is InChI=1S/C17H25FN2O/c1-20(2)16(13-8-10-15(18)11-9-13)12-19-17(21)14-6-4-3-5-7-14/h8-11,14,16H,3-7,12H2,1-2H3,(H,19,21). The van der Waals surface area contributed by atoms with Crippen LogP contribution in [0, 0.1) is 11.7 Å². The van der Waals surface area contributed by atoms with Crippen LogP contribution in [0.1, 0.15) is 43.7 Å². The van der Waals surface area contributed by atoms with Gasteiger partial charge in [-0.15, -0.1) is 0 Å². The molecule has 1 N–H and O–H groups in total. The van der Waals surface area contributed by atoms with Gasteiger partial charge in [-0.3, -0.25) is 4.79 Å². The molecule has 1 atom stereocenters. The lowest BCUT2D eigenvalue weighted by molar-refractivity contribution is -0.126. The van der Waals surface area contributed by atoms with Gasteiger partial charge in [-0.05, 0) is 44.6 Å². The second kappa shape index (κ2) is 7.55. The molecule has 0 spiro atoms. The summed E-state index contributed by atoms with van der Waals surface area (Å²) in [6.45, 7) is 0.563. The van der Waals surface area contributed by atoms with Crippen molar-refractivity contribution in [3.05, 3.63) is 35.6 Å². The first-order chi connectivity index (χ1) is 10.1. The van der Waals surface area contributed by atoms with Crippen LogP contribution in [0.2, 0.25) is 0 Å². The van der Waals surface area contributed by atoms with E-state index in [0.717, 1.165) is 31.2 Å². The Morgan fingerprint density at radius 1 is 1.24 bits per heavy atom. The summed E-state index contributed by atoms with van der Waals surface area (Å²) >= 11 is 0. The first-order valence-corrected chi connectivity index (χ1v) is 7.77. The van der Waals surface area contributed by atoms with Crippen LogP contribution < -0.4 is 5.32 Å². The molecule has 0 aliphatic heterocycles. The Bertz CT molecular complexity index is 452. The zero-order valence-electron chi connectivity index (χ0n) is 12.9. The summed E-state index contributed by atoms with van der Waals surface area (Å²) in [5, 5.41) is 3.07. The maximum Gasteiger partial charge on any atom is 0.223 e. The van der Waals surface area contributed by atoms with Crippen molar-refractivity contribution < 1.29 is 9.18 Å². The molecule has 116 valence electrons. The van der Waals surface area contributed by atoms with Crippen molar-refractivity contribution in [1.29, 1.82) is 0 Å². The predicted molar refractivity (Wildman–Crippen MR) is 82.4 cm³/mol. The fourth-order valence-electron chi connectivity index (χ4n) is 2.99. The van der Waals surface area contributed by atoms with Crippen molar-refractivity contribution in [2.45, 2.75) is 38.1 Å². The highest BCUT2D eigenvalue weighted by Crippen LogP contribution is 2.24. The zero-order valence-corrected chi connectivity index (χ0v) is 12.9. The molecule has 2 rings (SSSR count). The van der Waals surface area contributed by atoms with E-state index in [1.54, 1.807) is 12.1 Å². The summed E-state index contributed by atoms with van der Waals surface area (Å²) in [5.41, 5.74) is 1.02. The van der Waals surface area contributed by atoms with Crippen molar-refractivity contribution in [2.24, 2.45) is 5.92 Å². The van der Waals surface area contributed by atoms with Crippen LogP contribution in [0.25, 0.3) is 0 Å². The highest BCUT2D eigenvalue weighted by Gasteiger charge is 2.22. The van der Waals surface area contributed by atoms with Crippen molar-refractivity contribution in [3.63, 3.8) is 0 Å². The summed E-state index contributed by atoms with van der Waals surface area (Å²) in [6.07, 6.45) is 5.59. The molecular formula is C17H25FN2O. The Labute approximate surface area is 126 Å². The minimum absolute atomic E-state index is 0.0677. The molecular weight excluding hydrogens is 267 g/mol. The van der Waals surface area contributed by atoms with Gasteiger partial charge in [0.1, 0.15) is 5.82 Å². The number of benzene rings is 1. The van der Waals surface area contributed by atoms with Crippen molar-refractivity contribution in [1.82, 2.24) is 10.2 Å². The van der Waals surface area contributed by atoms with Crippen LogP contribution in [0.15, 0.2) is 24.3 Å². The van der Waals surface area contributed by atoms with E-state index in [-0.39, 0.29) is 23.7 Å². The molecule has 0 saturated heterocycles. The van der Waals surface area contributed by atoms with Crippen LogP contribution in [0.5, 0.6) is 0 Å². The molecule has 21 heavy (non-hydrogen) atoms. The third-order valence-corrected chi connectivity index (χ3v) is 4.32. The zero-order chi connectivity index (χ0) is 15.2. The van der Waals surface area contributed by atoms with Crippen molar-refractivity contribution in [3.8, 4) is 0 Å². The SMILES string of the molecule is CN(C)C(CNC(=O)C1CCCCC1)c1ccc(F)cc1.